The van der Waals surface area contributed by atoms with Crippen LogP contribution in [-0.4, -0.2) is 43.7 Å². The molecule has 3 rings (SSSR count). The highest BCUT2D eigenvalue weighted by Gasteiger charge is 2.23. The maximum absolute atomic E-state index is 12.4. The fourth-order valence-electron chi connectivity index (χ4n) is 3.05. The number of rotatable bonds is 6. The van der Waals surface area contributed by atoms with Crippen molar-refractivity contribution in [3.05, 3.63) is 40.3 Å². The van der Waals surface area contributed by atoms with Crippen LogP contribution in [-0.2, 0) is 6.42 Å². The van der Waals surface area contributed by atoms with E-state index < -0.39 is 0 Å². The summed E-state index contributed by atoms with van der Waals surface area (Å²) in [5.74, 6) is 0.746. The van der Waals surface area contributed by atoms with Crippen molar-refractivity contribution in [1.29, 1.82) is 0 Å². The van der Waals surface area contributed by atoms with Crippen LogP contribution in [0.2, 0.25) is 0 Å². The molecule has 6 nitrogen and oxygen atoms in total. The van der Waals surface area contributed by atoms with Gasteiger partial charge in [-0.25, -0.2) is 4.98 Å². The number of carbonyl (C=O) groups is 1. The molecule has 0 spiro atoms. The van der Waals surface area contributed by atoms with Gasteiger partial charge in [0.15, 0.2) is 0 Å². The second-order valence-electron chi connectivity index (χ2n) is 6.13. The number of piperidine rings is 1. The van der Waals surface area contributed by atoms with Crippen molar-refractivity contribution in [1.82, 2.24) is 10.3 Å². The maximum Gasteiger partial charge on any atom is 0.271 e. The van der Waals surface area contributed by atoms with E-state index in [0.717, 1.165) is 42.4 Å². The summed E-state index contributed by atoms with van der Waals surface area (Å²) in [6, 6.07) is 8.15. The summed E-state index contributed by atoms with van der Waals surface area (Å²) in [5, 5.41) is 5.84. The molecule has 7 heteroatoms. The van der Waals surface area contributed by atoms with Crippen molar-refractivity contribution < 1.29 is 9.53 Å². The van der Waals surface area contributed by atoms with E-state index >= 15 is 0 Å². The number of nitrogens with zero attached hydrogens (tertiary/aromatic N) is 2. The Morgan fingerprint density at radius 1 is 1.52 bits per heavy atom. The summed E-state index contributed by atoms with van der Waals surface area (Å²) < 4.78 is 5.30. The smallest absolute Gasteiger partial charge is 0.271 e. The predicted octanol–water partition coefficient (Wildman–Crippen LogP) is 2.05. The summed E-state index contributed by atoms with van der Waals surface area (Å²) in [5.41, 5.74) is 7.15. The molecule has 0 aliphatic carbocycles. The topological polar surface area (TPSA) is 80.5 Å². The van der Waals surface area contributed by atoms with Crippen LogP contribution in [0.4, 0.5) is 5.69 Å². The van der Waals surface area contributed by atoms with Crippen LogP contribution in [0.5, 0.6) is 5.75 Å². The summed E-state index contributed by atoms with van der Waals surface area (Å²) in [4.78, 5) is 19.1. The Balaban J connectivity index is 1.61. The van der Waals surface area contributed by atoms with Gasteiger partial charge in [0.05, 0.1) is 12.1 Å². The summed E-state index contributed by atoms with van der Waals surface area (Å²) in [7, 11) is 1.67. The monoisotopic (exact) mass is 360 g/mol. The van der Waals surface area contributed by atoms with Gasteiger partial charge >= 0.3 is 0 Å². The number of hydrogen-bond donors (Lipinski definition) is 2. The van der Waals surface area contributed by atoms with E-state index in [9.17, 15) is 4.79 Å². The number of nitrogens with one attached hydrogen (secondary N) is 1. The Hall–Kier alpha value is -2.12. The first-order valence-electron chi connectivity index (χ1n) is 8.54. The fourth-order valence-corrected chi connectivity index (χ4v) is 3.84. The van der Waals surface area contributed by atoms with Gasteiger partial charge < -0.3 is 20.7 Å². The third kappa shape index (κ3) is 4.49. The summed E-state index contributed by atoms with van der Waals surface area (Å²) >= 11 is 1.49. The average Bonchev–Trinajstić information content (AvgIpc) is 3.11. The van der Waals surface area contributed by atoms with Gasteiger partial charge in [-0.1, -0.05) is 6.07 Å². The first-order chi connectivity index (χ1) is 12.2. The van der Waals surface area contributed by atoms with Crippen LogP contribution in [0.15, 0.2) is 29.6 Å². The normalized spacial score (nSPS) is 17.4. The number of ether oxygens (including phenoxy) is 1. The molecule has 1 aromatic carbocycles. The number of nitrogens with two attached hydrogens (primary N) is 1. The highest BCUT2D eigenvalue weighted by atomic mass is 32.1. The molecule has 1 aliphatic rings. The number of amides is 1. The zero-order valence-electron chi connectivity index (χ0n) is 14.4. The van der Waals surface area contributed by atoms with Crippen molar-refractivity contribution in [3.63, 3.8) is 0 Å². The molecule has 2 heterocycles. The van der Waals surface area contributed by atoms with E-state index in [-0.39, 0.29) is 11.9 Å². The quantitative estimate of drug-likeness (QED) is 0.824. The molecule has 0 radical (unpaired) electrons. The molecule has 2 aromatic rings. The molecule has 1 saturated heterocycles. The maximum atomic E-state index is 12.4. The SMILES string of the molecule is COc1cccc(N2CCCC(NC(=O)c3csc(CCN)n3)C2)c1. The highest BCUT2D eigenvalue weighted by molar-refractivity contribution is 7.09. The lowest BCUT2D eigenvalue weighted by atomic mass is 10.0. The lowest BCUT2D eigenvalue weighted by molar-refractivity contribution is 0.0928. The largest absolute Gasteiger partial charge is 0.497 e. The van der Waals surface area contributed by atoms with Crippen LogP contribution >= 0.6 is 11.3 Å². The predicted molar refractivity (Wildman–Crippen MR) is 101 cm³/mol. The van der Waals surface area contributed by atoms with E-state index in [1.165, 1.54) is 11.3 Å². The lowest BCUT2D eigenvalue weighted by Crippen LogP contribution is -2.47. The first kappa shape index (κ1) is 17.7. The molecule has 0 bridgehead atoms. The van der Waals surface area contributed by atoms with Gasteiger partial charge in [-0.05, 0) is 31.5 Å². The third-order valence-electron chi connectivity index (χ3n) is 4.32. The Bertz CT molecular complexity index is 719. The molecule has 1 aromatic heterocycles. The van der Waals surface area contributed by atoms with E-state index in [2.05, 4.69) is 21.3 Å². The van der Waals surface area contributed by atoms with Gasteiger partial charge in [0.2, 0.25) is 0 Å². The van der Waals surface area contributed by atoms with E-state index in [4.69, 9.17) is 10.5 Å². The Morgan fingerprint density at radius 2 is 2.40 bits per heavy atom. The standard InChI is InChI=1S/C18H24N4O2S/c1-24-15-6-2-5-14(10-15)22-9-3-4-13(11-22)20-18(23)16-12-25-17(21-16)7-8-19/h2,5-6,10,12-13H,3-4,7-9,11,19H2,1H3,(H,20,23). The summed E-state index contributed by atoms with van der Waals surface area (Å²) in [6.45, 7) is 2.32. The molecule has 1 aliphatic heterocycles. The van der Waals surface area contributed by atoms with Crippen molar-refractivity contribution in [2.24, 2.45) is 5.73 Å². The number of anilines is 1. The molecule has 134 valence electrons. The number of thiazole rings is 1. The van der Waals surface area contributed by atoms with Crippen LogP contribution in [0.1, 0.15) is 28.3 Å². The molecular formula is C18H24N4O2S. The molecule has 1 amide bonds. The number of carbonyl (C=O) groups excluding carboxylic acids is 1. The van der Waals surface area contributed by atoms with Crippen LogP contribution in [0, 0.1) is 0 Å². The highest BCUT2D eigenvalue weighted by Crippen LogP contribution is 2.24. The van der Waals surface area contributed by atoms with Crippen LogP contribution in [0.3, 0.4) is 0 Å². The number of hydrogen-bond acceptors (Lipinski definition) is 6. The minimum Gasteiger partial charge on any atom is -0.497 e. The zero-order valence-corrected chi connectivity index (χ0v) is 15.2. The van der Waals surface area contributed by atoms with Crippen molar-refractivity contribution in [3.8, 4) is 5.75 Å². The Morgan fingerprint density at radius 3 is 3.20 bits per heavy atom. The molecule has 1 fully saturated rings. The molecule has 1 unspecified atom stereocenters. The molecule has 3 N–H and O–H groups in total. The van der Waals surface area contributed by atoms with Crippen molar-refractivity contribution >= 4 is 22.9 Å². The number of aromatic nitrogens is 1. The molecular weight excluding hydrogens is 336 g/mol. The molecule has 0 saturated carbocycles. The van der Waals surface area contributed by atoms with Crippen LogP contribution < -0.4 is 20.7 Å². The van der Waals surface area contributed by atoms with Crippen molar-refractivity contribution in [2.45, 2.75) is 25.3 Å². The van der Waals surface area contributed by atoms with E-state index in [1.54, 1.807) is 7.11 Å². The Labute approximate surface area is 152 Å². The second-order valence-corrected chi connectivity index (χ2v) is 7.07. The third-order valence-corrected chi connectivity index (χ3v) is 5.23. The van der Waals surface area contributed by atoms with Gasteiger partial charge in [0.1, 0.15) is 11.4 Å². The van der Waals surface area contributed by atoms with Gasteiger partial charge in [-0.15, -0.1) is 11.3 Å². The average molecular weight is 360 g/mol. The minimum absolute atomic E-state index is 0.1000. The van der Waals surface area contributed by atoms with Gasteiger partial charge in [0.25, 0.3) is 5.91 Å². The Kier molecular flexibility index (Phi) is 5.88. The van der Waals surface area contributed by atoms with Gasteiger partial charge in [0, 0.05) is 42.7 Å². The van der Waals surface area contributed by atoms with E-state index in [1.807, 2.05) is 23.6 Å². The molecule has 25 heavy (non-hydrogen) atoms. The summed E-state index contributed by atoms with van der Waals surface area (Å²) in [6.07, 6.45) is 2.73. The van der Waals surface area contributed by atoms with Gasteiger partial charge in [-0.2, -0.15) is 0 Å². The zero-order chi connectivity index (χ0) is 17.6. The fraction of sp³-hybridized carbons (Fsp3) is 0.444. The number of methoxy groups -OCH3 is 1. The first-order valence-corrected chi connectivity index (χ1v) is 9.42. The second kappa shape index (κ2) is 8.31. The lowest BCUT2D eigenvalue weighted by Gasteiger charge is -2.34. The molecule has 1 atom stereocenters. The van der Waals surface area contributed by atoms with Crippen molar-refractivity contribution in [2.75, 3.05) is 31.6 Å². The van der Waals surface area contributed by atoms with E-state index in [0.29, 0.717) is 18.7 Å². The number of benzene rings is 1. The minimum atomic E-state index is -0.1000. The van der Waals surface area contributed by atoms with Gasteiger partial charge in [-0.3, -0.25) is 4.79 Å². The van der Waals surface area contributed by atoms with Crippen LogP contribution in [0.25, 0.3) is 0 Å².